The van der Waals surface area contributed by atoms with Crippen molar-refractivity contribution in [1.82, 2.24) is 5.32 Å². The smallest absolute Gasteiger partial charge is 0.349 e. The number of carbonyl (C=O) groups excluding carboxylic acids is 2. The SMILES string of the molecule is COc1ccc(/C=C(\C#N)C(=O)O[C@@H](C)C(=O)NCc2ccco2)cc1. The zero-order valence-electron chi connectivity index (χ0n) is 14.4. The maximum atomic E-state index is 12.1. The van der Waals surface area contributed by atoms with Crippen molar-refractivity contribution in [2.24, 2.45) is 0 Å². The lowest BCUT2D eigenvalue weighted by atomic mass is 10.1. The Morgan fingerprint density at radius 3 is 2.62 bits per heavy atom. The number of amides is 1. The van der Waals surface area contributed by atoms with Crippen molar-refractivity contribution in [1.29, 1.82) is 5.26 Å². The fraction of sp³-hybridized carbons (Fsp3) is 0.211. The molecule has 0 aliphatic rings. The number of carbonyl (C=O) groups is 2. The van der Waals surface area contributed by atoms with E-state index in [2.05, 4.69) is 5.32 Å². The van der Waals surface area contributed by atoms with Gasteiger partial charge in [-0.05, 0) is 42.8 Å². The predicted octanol–water partition coefficient (Wildman–Crippen LogP) is 2.44. The van der Waals surface area contributed by atoms with Crippen molar-refractivity contribution in [3.05, 3.63) is 59.6 Å². The second-order valence-corrected chi connectivity index (χ2v) is 5.29. The molecule has 26 heavy (non-hydrogen) atoms. The zero-order valence-corrected chi connectivity index (χ0v) is 14.4. The highest BCUT2D eigenvalue weighted by Crippen LogP contribution is 2.14. The van der Waals surface area contributed by atoms with Crippen molar-refractivity contribution in [2.45, 2.75) is 19.6 Å². The third kappa shape index (κ3) is 5.24. The number of ether oxygens (including phenoxy) is 2. The van der Waals surface area contributed by atoms with E-state index >= 15 is 0 Å². The van der Waals surface area contributed by atoms with Gasteiger partial charge in [0.15, 0.2) is 6.10 Å². The van der Waals surface area contributed by atoms with Gasteiger partial charge < -0.3 is 19.2 Å². The molecule has 0 saturated carbocycles. The summed E-state index contributed by atoms with van der Waals surface area (Å²) >= 11 is 0. The van der Waals surface area contributed by atoms with E-state index in [9.17, 15) is 14.9 Å². The quantitative estimate of drug-likeness (QED) is 0.465. The van der Waals surface area contributed by atoms with Crippen molar-refractivity contribution in [3.8, 4) is 11.8 Å². The Labute approximate surface area is 150 Å². The molecule has 0 spiro atoms. The number of nitrogens with one attached hydrogen (secondary N) is 1. The van der Waals surface area contributed by atoms with Crippen LogP contribution in [0.3, 0.4) is 0 Å². The van der Waals surface area contributed by atoms with Crippen LogP contribution >= 0.6 is 0 Å². The fourth-order valence-electron chi connectivity index (χ4n) is 2.01. The minimum absolute atomic E-state index is 0.181. The van der Waals surface area contributed by atoms with Crippen molar-refractivity contribution >= 4 is 18.0 Å². The molecule has 0 bridgehead atoms. The summed E-state index contributed by atoms with van der Waals surface area (Å²) in [5.74, 6) is -0.125. The van der Waals surface area contributed by atoms with Gasteiger partial charge in [-0.25, -0.2) is 4.79 Å². The number of nitrogens with zero attached hydrogens (tertiary/aromatic N) is 1. The van der Waals surface area contributed by atoms with Gasteiger partial charge in [0.05, 0.1) is 19.9 Å². The second kappa shape index (κ2) is 9.08. The van der Waals surface area contributed by atoms with Crippen LogP contribution in [0.25, 0.3) is 6.08 Å². The highest BCUT2D eigenvalue weighted by Gasteiger charge is 2.20. The van der Waals surface area contributed by atoms with E-state index in [1.54, 1.807) is 49.6 Å². The van der Waals surface area contributed by atoms with Gasteiger partial charge in [0.2, 0.25) is 0 Å². The summed E-state index contributed by atoms with van der Waals surface area (Å²) in [5.41, 5.74) is 0.426. The third-order valence-electron chi connectivity index (χ3n) is 3.44. The van der Waals surface area contributed by atoms with Gasteiger partial charge >= 0.3 is 5.97 Å². The summed E-state index contributed by atoms with van der Waals surface area (Å²) in [4.78, 5) is 24.1. The molecule has 1 heterocycles. The standard InChI is InChI=1S/C19H18N2O5/c1-13(18(22)21-12-17-4-3-9-25-17)26-19(23)15(11-20)10-14-5-7-16(24-2)8-6-14/h3-10,13H,12H2,1-2H3,(H,21,22)/b15-10+/t13-/m0/s1. The average molecular weight is 354 g/mol. The fourth-order valence-corrected chi connectivity index (χ4v) is 2.01. The third-order valence-corrected chi connectivity index (χ3v) is 3.44. The molecule has 1 N–H and O–H groups in total. The van der Waals surface area contributed by atoms with Crippen LogP contribution < -0.4 is 10.1 Å². The second-order valence-electron chi connectivity index (χ2n) is 5.29. The first kappa shape index (κ1) is 18.8. The minimum atomic E-state index is -1.05. The van der Waals surface area contributed by atoms with Crippen LogP contribution in [0.5, 0.6) is 5.75 Å². The highest BCUT2D eigenvalue weighted by atomic mass is 16.5. The molecule has 0 aliphatic heterocycles. The van der Waals surface area contributed by atoms with Crippen LogP contribution in [-0.4, -0.2) is 25.1 Å². The first-order chi connectivity index (χ1) is 12.5. The van der Waals surface area contributed by atoms with Crippen LogP contribution in [0.4, 0.5) is 0 Å². The Kier molecular flexibility index (Phi) is 6.57. The highest BCUT2D eigenvalue weighted by molar-refractivity contribution is 5.99. The number of esters is 1. The molecular weight excluding hydrogens is 336 g/mol. The first-order valence-electron chi connectivity index (χ1n) is 7.80. The van der Waals surface area contributed by atoms with Gasteiger partial charge in [-0.15, -0.1) is 0 Å². The molecule has 0 fully saturated rings. The zero-order chi connectivity index (χ0) is 18.9. The minimum Gasteiger partial charge on any atom is -0.497 e. The summed E-state index contributed by atoms with van der Waals surface area (Å²) in [6, 6.07) is 12.0. The lowest BCUT2D eigenvalue weighted by Gasteiger charge is -2.12. The van der Waals surface area contributed by atoms with Gasteiger partial charge in [-0.1, -0.05) is 12.1 Å². The van der Waals surface area contributed by atoms with E-state index in [4.69, 9.17) is 13.9 Å². The Hall–Kier alpha value is -3.53. The Morgan fingerprint density at radius 1 is 1.31 bits per heavy atom. The molecule has 7 heteroatoms. The number of benzene rings is 1. The van der Waals surface area contributed by atoms with Gasteiger partial charge in [0.25, 0.3) is 5.91 Å². The predicted molar refractivity (Wildman–Crippen MR) is 92.7 cm³/mol. The van der Waals surface area contributed by atoms with E-state index in [1.165, 1.54) is 19.3 Å². The lowest BCUT2D eigenvalue weighted by Crippen LogP contribution is -2.35. The maximum Gasteiger partial charge on any atom is 0.349 e. The summed E-state index contributed by atoms with van der Waals surface area (Å²) in [6.07, 6.45) is 1.83. The number of rotatable bonds is 7. The monoisotopic (exact) mass is 354 g/mol. The van der Waals surface area contributed by atoms with E-state index in [0.717, 1.165) is 0 Å². The number of nitriles is 1. The molecule has 2 rings (SSSR count). The summed E-state index contributed by atoms with van der Waals surface area (Å²) < 4.78 is 15.2. The molecule has 134 valence electrons. The number of hydrogen-bond acceptors (Lipinski definition) is 6. The van der Waals surface area contributed by atoms with E-state index in [-0.39, 0.29) is 12.1 Å². The maximum absolute atomic E-state index is 12.1. The Morgan fingerprint density at radius 2 is 2.04 bits per heavy atom. The van der Waals surface area contributed by atoms with E-state index < -0.39 is 18.0 Å². The molecule has 0 saturated heterocycles. The topological polar surface area (TPSA) is 102 Å². The van der Waals surface area contributed by atoms with Gasteiger partial charge in [-0.2, -0.15) is 5.26 Å². The summed E-state index contributed by atoms with van der Waals surface area (Å²) in [7, 11) is 1.54. The van der Waals surface area contributed by atoms with Crippen LogP contribution in [0, 0.1) is 11.3 Å². The van der Waals surface area contributed by atoms with Crippen LogP contribution in [-0.2, 0) is 20.9 Å². The van der Waals surface area contributed by atoms with Crippen molar-refractivity contribution < 1.29 is 23.5 Å². The number of hydrogen-bond donors (Lipinski definition) is 1. The summed E-state index contributed by atoms with van der Waals surface area (Å²) in [6.45, 7) is 1.61. The van der Waals surface area contributed by atoms with Gasteiger partial charge in [0, 0.05) is 0 Å². The first-order valence-corrected chi connectivity index (χ1v) is 7.80. The van der Waals surface area contributed by atoms with Crippen molar-refractivity contribution in [2.75, 3.05) is 7.11 Å². The van der Waals surface area contributed by atoms with Crippen LogP contribution in [0.2, 0.25) is 0 Å². The van der Waals surface area contributed by atoms with Crippen LogP contribution in [0.15, 0.2) is 52.7 Å². The lowest BCUT2D eigenvalue weighted by molar-refractivity contribution is -0.150. The summed E-state index contributed by atoms with van der Waals surface area (Å²) in [5, 5.41) is 11.8. The van der Waals surface area contributed by atoms with Gasteiger partial charge in [0.1, 0.15) is 23.2 Å². The van der Waals surface area contributed by atoms with Crippen LogP contribution in [0.1, 0.15) is 18.2 Å². The van der Waals surface area contributed by atoms with E-state index in [1.807, 2.05) is 0 Å². The number of methoxy groups -OCH3 is 1. The van der Waals surface area contributed by atoms with E-state index in [0.29, 0.717) is 17.1 Å². The molecule has 2 aromatic rings. The molecule has 1 atom stereocenters. The normalized spacial score (nSPS) is 12.0. The molecular formula is C19H18N2O5. The molecule has 7 nitrogen and oxygen atoms in total. The molecule has 0 aliphatic carbocycles. The average Bonchev–Trinajstić information content (AvgIpc) is 3.18. The molecule has 1 amide bonds. The molecule has 1 aromatic heterocycles. The number of furan rings is 1. The Balaban J connectivity index is 1.95. The van der Waals surface area contributed by atoms with Gasteiger partial charge in [-0.3, -0.25) is 4.79 Å². The van der Waals surface area contributed by atoms with Crippen molar-refractivity contribution in [3.63, 3.8) is 0 Å². The Bertz CT molecular complexity index is 817. The molecule has 0 radical (unpaired) electrons. The molecule has 1 aromatic carbocycles. The largest absolute Gasteiger partial charge is 0.497 e. The molecule has 0 unspecified atom stereocenters.